The van der Waals surface area contributed by atoms with Crippen molar-refractivity contribution in [1.29, 1.82) is 0 Å². The molecule has 0 aliphatic heterocycles. The zero-order chi connectivity index (χ0) is 10.4. The van der Waals surface area contributed by atoms with Crippen LogP contribution in [0.15, 0.2) is 41.4 Å². The third kappa shape index (κ3) is 3.33. The first-order valence-corrected chi connectivity index (χ1v) is 4.17. The molecule has 0 saturated heterocycles. The van der Waals surface area contributed by atoms with Crippen molar-refractivity contribution in [3.8, 4) is 0 Å². The first-order chi connectivity index (χ1) is 6.72. The van der Waals surface area contributed by atoms with Gasteiger partial charge >= 0.3 is 0 Å². The van der Waals surface area contributed by atoms with Crippen LogP contribution < -0.4 is 0 Å². The molecule has 0 aliphatic rings. The molecule has 72 valence electrons. The van der Waals surface area contributed by atoms with E-state index in [9.17, 15) is 9.18 Å². The Morgan fingerprint density at radius 2 is 2.07 bits per heavy atom. The molecule has 0 saturated carbocycles. The molecular weight excluding hydrogens is 181 g/mol. The van der Waals surface area contributed by atoms with Crippen molar-refractivity contribution in [3.63, 3.8) is 0 Å². The van der Waals surface area contributed by atoms with E-state index >= 15 is 0 Å². The minimum Gasteiger partial charge on any atom is -0.211 e. The van der Waals surface area contributed by atoms with Crippen LogP contribution in [0.5, 0.6) is 0 Å². The molecule has 0 atom stereocenters. The number of carbonyl (C=O) groups excluding carboxylic acids is 1. The van der Waals surface area contributed by atoms with Crippen LogP contribution >= 0.6 is 0 Å². The number of hydrogen-bond donors (Lipinski definition) is 0. The Morgan fingerprint density at radius 3 is 2.64 bits per heavy atom. The minimum absolute atomic E-state index is 0.259. The maximum Gasteiger partial charge on any atom is 0.235 e. The maximum atomic E-state index is 12.5. The Labute approximate surface area is 81.8 Å². The highest BCUT2D eigenvalue weighted by molar-refractivity contribution is 5.34. The summed E-state index contributed by atoms with van der Waals surface area (Å²) < 4.78 is 12.5. The Bertz CT molecular complexity index is 363. The van der Waals surface area contributed by atoms with Crippen molar-refractivity contribution < 1.29 is 9.18 Å². The van der Waals surface area contributed by atoms with Gasteiger partial charge in [-0.05, 0) is 24.1 Å². The topological polar surface area (TPSA) is 29.4 Å². The molecule has 1 aromatic rings. The number of rotatable bonds is 4. The average molecular weight is 191 g/mol. The summed E-state index contributed by atoms with van der Waals surface area (Å²) in [6.07, 6.45) is 2.05. The second kappa shape index (κ2) is 5.10. The molecule has 0 amide bonds. The second-order valence-corrected chi connectivity index (χ2v) is 2.96. The van der Waals surface area contributed by atoms with E-state index in [-0.39, 0.29) is 12.4 Å². The van der Waals surface area contributed by atoms with Gasteiger partial charge in [0.15, 0.2) is 0 Å². The van der Waals surface area contributed by atoms with Crippen LogP contribution in [-0.2, 0) is 11.2 Å². The van der Waals surface area contributed by atoms with Crippen LogP contribution in [0.4, 0.5) is 4.39 Å². The van der Waals surface area contributed by atoms with Crippen LogP contribution in [-0.4, -0.2) is 12.6 Å². The number of isocyanates is 1. The predicted octanol–water partition coefficient (Wildman–Crippen LogP) is 2.26. The van der Waals surface area contributed by atoms with Gasteiger partial charge in [-0.3, -0.25) is 0 Å². The van der Waals surface area contributed by atoms with Crippen molar-refractivity contribution >= 4 is 6.08 Å². The number of hydrogen-bond acceptors (Lipinski definition) is 2. The summed E-state index contributed by atoms with van der Waals surface area (Å²) in [5, 5.41) is 0. The second-order valence-electron chi connectivity index (χ2n) is 2.96. The van der Waals surface area contributed by atoms with E-state index in [0.29, 0.717) is 6.42 Å². The lowest BCUT2D eigenvalue weighted by Gasteiger charge is -2.01. The van der Waals surface area contributed by atoms with E-state index in [1.54, 1.807) is 12.1 Å². The molecule has 14 heavy (non-hydrogen) atoms. The highest BCUT2D eigenvalue weighted by Crippen LogP contribution is 2.08. The van der Waals surface area contributed by atoms with Gasteiger partial charge in [0.2, 0.25) is 6.08 Å². The molecule has 0 spiro atoms. The van der Waals surface area contributed by atoms with E-state index in [1.807, 2.05) is 0 Å². The van der Waals surface area contributed by atoms with Crippen molar-refractivity contribution in [3.05, 3.63) is 47.8 Å². The van der Waals surface area contributed by atoms with Crippen LogP contribution in [0.1, 0.15) is 5.56 Å². The molecule has 0 radical (unpaired) electrons. The van der Waals surface area contributed by atoms with Crippen molar-refractivity contribution in [2.75, 3.05) is 6.54 Å². The molecular formula is C11H10FNO. The SMILES string of the molecule is C=C(CN=C=O)Cc1ccc(F)cc1. The fourth-order valence-electron chi connectivity index (χ4n) is 1.09. The molecule has 2 nitrogen and oxygen atoms in total. The fourth-order valence-corrected chi connectivity index (χ4v) is 1.09. The third-order valence-electron chi connectivity index (χ3n) is 1.73. The summed E-state index contributed by atoms with van der Waals surface area (Å²) in [6, 6.07) is 6.16. The highest BCUT2D eigenvalue weighted by Gasteiger charge is 1.97. The molecule has 0 heterocycles. The van der Waals surface area contributed by atoms with Gasteiger partial charge < -0.3 is 0 Å². The van der Waals surface area contributed by atoms with Crippen LogP contribution in [0, 0.1) is 5.82 Å². The predicted molar refractivity (Wildman–Crippen MR) is 52.2 cm³/mol. The van der Waals surface area contributed by atoms with Gasteiger partial charge in [-0.2, -0.15) is 0 Å². The highest BCUT2D eigenvalue weighted by atomic mass is 19.1. The molecule has 0 N–H and O–H groups in total. The number of aliphatic imine (C=N–C) groups is 1. The number of benzene rings is 1. The van der Waals surface area contributed by atoms with E-state index in [2.05, 4.69) is 11.6 Å². The first kappa shape index (κ1) is 10.4. The van der Waals surface area contributed by atoms with Gasteiger partial charge in [-0.15, -0.1) is 0 Å². The van der Waals surface area contributed by atoms with Gasteiger partial charge in [0, 0.05) is 0 Å². The van der Waals surface area contributed by atoms with Gasteiger partial charge in [0.1, 0.15) is 5.82 Å². The Kier molecular flexibility index (Phi) is 3.77. The molecule has 1 aromatic carbocycles. The average Bonchev–Trinajstić information content (AvgIpc) is 2.18. The van der Waals surface area contributed by atoms with Gasteiger partial charge in [-0.25, -0.2) is 14.2 Å². The molecule has 3 heteroatoms. The molecule has 1 rings (SSSR count). The molecule has 0 fully saturated rings. The van der Waals surface area contributed by atoms with E-state index in [0.717, 1.165) is 11.1 Å². The summed E-state index contributed by atoms with van der Waals surface area (Å²) >= 11 is 0. The molecule has 0 aliphatic carbocycles. The van der Waals surface area contributed by atoms with Crippen LogP contribution in [0.25, 0.3) is 0 Å². The minimum atomic E-state index is -0.259. The third-order valence-corrected chi connectivity index (χ3v) is 1.73. The lowest BCUT2D eigenvalue weighted by atomic mass is 10.1. The lowest BCUT2D eigenvalue weighted by Crippen LogP contribution is -1.92. The van der Waals surface area contributed by atoms with E-state index in [1.165, 1.54) is 18.2 Å². The fraction of sp³-hybridized carbons (Fsp3) is 0.182. The molecule has 0 bridgehead atoms. The van der Waals surface area contributed by atoms with Crippen molar-refractivity contribution in [2.24, 2.45) is 4.99 Å². The maximum absolute atomic E-state index is 12.5. The standard InChI is InChI=1S/C11H10FNO/c1-9(7-13-8-14)6-10-2-4-11(12)5-3-10/h2-5H,1,6-7H2. The van der Waals surface area contributed by atoms with Crippen LogP contribution in [0.2, 0.25) is 0 Å². The largest absolute Gasteiger partial charge is 0.235 e. The van der Waals surface area contributed by atoms with Crippen molar-refractivity contribution in [1.82, 2.24) is 0 Å². The quantitative estimate of drug-likeness (QED) is 0.407. The smallest absolute Gasteiger partial charge is 0.211 e. The summed E-state index contributed by atoms with van der Waals surface area (Å²) in [5.41, 5.74) is 1.76. The summed E-state index contributed by atoms with van der Waals surface area (Å²) in [5.74, 6) is -0.259. The summed E-state index contributed by atoms with van der Waals surface area (Å²) in [7, 11) is 0. The normalized spacial score (nSPS) is 9.21. The lowest BCUT2D eigenvalue weighted by molar-refractivity contribution is 0.563. The number of nitrogens with zero attached hydrogens (tertiary/aromatic N) is 1. The van der Waals surface area contributed by atoms with Gasteiger partial charge in [0.25, 0.3) is 0 Å². The van der Waals surface area contributed by atoms with Crippen LogP contribution in [0.3, 0.4) is 0 Å². The Morgan fingerprint density at radius 1 is 1.43 bits per heavy atom. The number of halogens is 1. The molecule has 0 unspecified atom stereocenters. The van der Waals surface area contributed by atoms with Gasteiger partial charge in [0.05, 0.1) is 6.54 Å². The summed E-state index contributed by atoms with van der Waals surface area (Å²) in [6.45, 7) is 4.02. The monoisotopic (exact) mass is 191 g/mol. The van der Waals surface area contributed by atoms with Gasteiger partial charge in [-0.1, -0.05) is 24.3 Å². The zero-order valence-electron chi connectivity index (χ0n) is 7.66. The van der Waals surface area contributed by atoms with E-state index < -0.39 is 0 Å². The summed E-state index contributed by atoms with van der Waals surface area (Å²) in [4.78, 5) is 13.2. The first-order valence-electron chi connectivity index (χ1n) is 4.17. The Balaban J connectivity index is 2.56. The van der Waals surface area contributed by atoms with E-state index in [4.69, 9.17) is 0 Å². The van der Waals surface area contributed by atoms with Crippen molar-refractivity contribution in [2.45, 2.75) is 6.42 Å². The zero-order valence-corrected chi connectivity index (χ0v) is 7.66. The Hall–Kier alpha value is -1.73. The molecule has 0 aromatic heterocycles.